The van der Waals surface area contributed by atoms with Crippen LogP contribution in [0.2, 0.25) is 0 Å². The van der Waals surface area contributed by atoms with E-state index in [2.05, 4.69) is 6.92 Å². The van der Waals surface area contributed by atoms with Crippen LogP contribution in [0.4, 0.5) is 5.69 Å². The van der Waals surface area contributed by atoms with Crippen molar-refractivity contribution in [3.63, 3.8) is 0 Å². The normalized spacial score (nSPS) is 11.7. The summed E-state index contributed by atoms with van der Waals surface area (Å²) in [6.07, 6.45) is 3.45. The number of primary sulfonamides is 1. The van der Waals surface area contributed by atoms with Crippen LogP contribution in [-0.2, 0) is 10.0 Å². The predicted octanol–water partition coefficient (Wildman–Crippen LogP) is 2.51. The molecule has 0 saturated heterocycles. The van der Waals surface area contributed by atoms with Gasteiger partial charge in [-0.1, -0.05) is 19.8 Å². The molecule has 0 aliphatic heterocycles. The summed E-state index contributed by atoms with van der Waals surface area (Å²) in [7, 11) is -3.71. The molecule has 0 saturated carbocycles. The summed E-state index contributed by atoms with van der Waals surface area (Å²) in [5.41, 5.74) is 6.84. The molecule has 102 valence electrons. The van der Waals surface area contributed by atoms with Crippen LogP contribution in [0.1, 0.15) is 31.7 Å². The van der Waals surface area contributed by atoms with Crippen LogP contribution >= 0.6 is 11.8 Å². The van der Waals surface area contributed by atoms with Gasteiger partial charge in [0.15, 0.2) is 0 Å². The summed E-state index contributed by atoms with van der Waals surface area (Å²) >= 11 is 1.63. The van der Waals surface area contributed by atoms with Gasteiger partial charge in [0, 0.05) is 10.6 Å². The molecule has 0 bridgehead atoms. The Kier molecular flexibility index (Phi) is 5.49. The smallest absolute Gasteiger partial charge is 0.238 e. The van der Waals surface area contributed by atoms with E-state index < -0.39 is 10.0 Å². The van der Waals surface area contributed by atoms with E-state index in [1.54, 1.807) is 24.8 Å². The van der Waals surface area contributed by atoms with Gasteiger partial charge in [0.25, 0.3) is 0 Å². The fourth-order valence-corrected chi connectivity index (χ4v) is 3.68. The largest absolute Gasteiger partial charge is 0.399 e. The molecular formula is C12H20N2O2S2. The number of nitrogen functional groups attached to an aromatic ring is 1. The van der Waals surface area contributed by atoms with Gasteiger partial charge >= 0.3 is 0 Å². The monoisotopic (exact) mass is 288 g/mol. The maximum Gasteiger partial charge on any atom is 0.238 e. The van der Waals surface area contributed by atoms with E-state index in [0.29, 0.717) is 11.3 Å². The molecule has 0 radical (unpaired) electrons. The first kappa shape index (κ1) is 15.3. The van der Waals surface area contributed by atoms with Crippen LogP contribution in [0, 0.1) is 6.92 Å². The Morgan fingerprint density at radius 2 is 1.94 bits per heavy atom. The van der Waals surface area contributed by atoms with Crippen molar-refractivity contribution < 1.29 is 8.42 Å². The van der Waals surface area contributed by atoms with Gasteiger partial charge in [-0.15, -0.1) is 11.8 Å². The second-order valence-electron chi connectivity index (χ2n) is 4.24. The summed E-state index contributed by atoms with van der Waals surface area (Å²) in [6.45, 7) is 3.91. The molecule has 1 aromatic rings. The van der Waals surface area contributed by atoms with Gasteiger partial charge in [-0.05, 0) is 36.8 Å². The van der Waals surface area contributed by atoms with Crippen LogP contribution < -0.4 is 10.9 Å². The lowest BCUT2D eigenvalue weighted by Crippen LogP contribution is -2.14. The van der Waals surface area contributed by atoms with Crippen LogP contribution in [0.25, 0.3) is 0 Å². The Labute approximate surface area is 113 Å². The zero-order valence-corrected chi connectivity index (χ0v) is 12.4. The highest BCUT2D eigenvalue weighted by molar-refractivity contribution is 7.99. The van der Waals surface area contributed by atoms with Crippen molar-refractivity contribution in [1.82, 2.24) is 0 Å². The summed E-state index contributed by atoms with van der Waals surface area (Å²) in [6, 6.07) is 3.22. The van der Waals surface area contributed by atoms with Crippen molar-refractivity contribution in [3.8, 4) is 0 Å². The second kappa shape index (κ2) is 6.45. The van der Waals surface area contributed by atoms with Crippen molar-refractivity contribution in [2.45, 2.75) is 42.9 Å². The average Bonchev–Trinajstić information content (AvgIpc) is 2.27. The van der Waals surface area contributed by atoms with Crippen LogP contribution in [0.3, 0.4) is 0 Å². The molecule has 1 aromatic carbocycles. The van der Waals surface area contributed by atoms with Crippen LogP contribution in [0.5, 0.6) is 0 Å². The molecule has 0 heterocycles. The van der Waals surface area contributed by atoms with E-state index in [4.69, 9.17) is 10.9 Å². The summed E-state index contributed by atoms with van der Waals surface area (Å²) in [5, 5.41) is 5.18. The highest BCUT2D eigenvalue weighted by Gasteiger charge is 2.15. The maximum atomic E-state index is 11.4. The molecule has 0 spiro atoms. The quantitative estimate of drug-likeness (QED) is 0.478. The van der Waals surface area contributed by atoms with Crippen LogP contribution in [0.15, 0.2) is 21.9 Å². The van der Waals surface area contributed by atoms with Crippen molar-refractivity contribution in [2.24, 2.45) is 5.14 Å². The molecule has 0 aliphatic rings. The molecule has 0 amide bonds. The third-order valence-corrected chi connectivity index (χ3v) is 4.91. The minimum atomic E-state index is -3.71. The van der Waals surface area contributed by atoms with Gasteiger partial charge in [-0.3, -0.25) is 0 Å². The highest BCUT2D eigenvalue weighted by Crippen LogP contribution is 2.30. The number of thioether (sulfide) groups is 1. The predicted molar refractivity (Wildman–Crippen MR) is 77.2 cm³/mol. The van der Waals surface area contributed by atoms with E-state index in [1.807, 2.05) is 0 Å². The van der Waals surface area contributed by atoms with Gasteiger partial charge in [-0.2, -0.15) is 0 Å². The highest BCUT2D eigenvalue weighted by atomic mass is 32.2. The molecule has 0 fully saturated rings. The Balaban J connectivity index is 2.96. The summed E-state index contributed by atoms with van der Waals surface area (Å²) in [5.74, 6) is 0.961. The number of anilines is 1. The number of rotatable bonds is 6. The number of hydrogen-bond acceptors (Lipinski definition) is 4. The summed E-state index contributed by atoms with van der Waals surface area (Å²) < 4.78 is 22.9. The number of sulfonamides is 1. The molecule has 0 aliphatic carbocycles. The van der Waals surface area contributed by atoms with E-state index in [1.165, 1.54) is 18.9 Å². The van der Waals surface area contributed by atoms with E-state index in [-0.39, 0.29) is 4.90 Å². The lowest BCUT2D eigenvalue weighted by molar-refractivity contribution is 0.597. The molecule has 4 N–H and O–H groups in total. The van der Waals surface area contributed by atoms with Crippen LogP contribution in [-0.4, -0.2) is 14.2 Å². The Bertz CT molecular complexity index is 513. The van der Waals surface area contributed by atoms with Gasteiger partial charge in [-0.25, -0.2) is 13.6 Å². The molecule has 0 atom stereocenters. The zero-order chi connectivity index (χ0) is 13.8. The number of hydrogen-bond donors (Lipinski definition) is 2. The molecule has 1 rings (SSSR count). The van der Waals surface area contributed by atoms with Crippen molar-refractivity contribution >= 4 is 27.5 Å². The molecule has 4 nitrogen and oxygen atoms in total. The average molecular weight is 288 g/mol. The number of nitrogens with two attached hydrogens (primary N) is 2. The van der Waals surface area contributed by atoms with Crippen molar-refractivity contribution in [3.05, 3.63) is 17.7 Å². The third-order valence-electron chi connectivity index (χ3n) is 2.65. The van der Waals surface area contributed by atoms with Crippen molar-refractivity contribution in [1.29, 1.82) is 0 Å². The van der Waals surface area contributed by atoms with Gasteiger partial charge in [0.1, 0.15) is 0 Å². The first-order valence-electron chi connectivity index (χ1n) is 5.92. The Morgan fingerprint density at radius 3 is 2.50 bits per heavy atom. The molecular weight excluding hydrogens is 268 g/mol. The lowest BCUT2D eigenvalue weighted by atomic mass is 10.2. The van der Waals surface area contributed by atoms with E-state index in [9.17, 15) is 8.42 Å². The Morgan fingerprint density at radius 1 is 1.28 bits per heavy atom. The van der Waals surface area contributed by atoms with E-state index in [0.717, 1.165) is 17.1 Å². The van der Waals surface area contributed by atoms with Gasteiger partial charge < -0.3 is 5.73 Å². The summed E-state index contributed by atoms with van der Waals surface area (Å²) in [4.78, 5) is 1.02. The third kappa shape index (κ3) is 4.19. The lowest BCUT2D eigenvalue weighted by Gasteiger charge is -2.11. The number of unbranched alkanes of at least 4 members (excludes halogenated alkanes) is 2. The first-order chi connectivity index (χ1) is 8.36. The standard InChI is InChI=1S/C12H20N2O2S2/c1-3-4-5-6-17-11-7-10(13)8-12(9(11)2)18(14,15)16/h7-8H,3-6,13H2,1-2H3,(H2,14,15,16). The Hall–Kier alpha value is -0.720. The minimum Gasteiger partial charge on any atom is -0.399 e. The molecule has 0 unspecified atom stereocenters. The van der Waals surface area contributed by atoms with Gasteiger partial charge in [0.05, 0.1) is 4.90 Å². The SMILES string of the molecule is CCCCCSc1cc(N)cc(S(N)(=O)=O)c1C. The minimum absolute atomic E-state index is 0.125. The van der Waals surface area contributed by atoms with E-state index >= 15 is 0 Å². The molecule has 6 heteroatoms. The first-order valence-corrected chi connectivity index (χ1v) is 8.45. The topological polar surface area (TPSA) is 86.2 Å². The number of benzene rings is 1. The fourth-order valence-electron chi connectivity index (χ4n) is 1.66. The molecule has 18 heavy (non-hydrogen) atoms. The molecule has 0 aromatic heterocycles. The van der Waals surface area contributed by atoms with Crippen molar-refractivity contribution in [2.75, 3.05) is 11.5 Å². The fraction of sp³-hybridized carbons (Fsp3) is 0.500. The maximum absolute atomic E-state index is 11.4. The second-order valence-corrected chi connectivity index (χ2v) is 6.91. The van der Waals surface area contributed by atoms with Gasteiger partial charge in [0.2, 0.25) is 10.0 Å². The zero-order valence-electron chi connectivity index (χ0n) is 10.8.